The van der Waals surface area contributed by atoms with Gasteiger partial charge >= 0.3 is 0 Å². The van der Waals surface area contributed by atoms with E-state index in [9.17, 15) is 0 Å². The molecule has 0 saturated carbocycles. The van der Waals surface area contributed by atoms with Crippen LogP contribution in [0.4, 0.5) is 0 Å². The summed E-state index contributed by atoms with van der Waals surface area (Å²) in [5, 5.41) is 1.30. The zero-order chi connectivity index (χ0) is 17.1. The van der Waals surface area contributed by atoms with Gasteiger partial charge in [0.05, 0.1) is 0 Å². The number of hydrogen-bond acceptors (Lipinski definition) is 0. The molecule has 0 aliphatic carbocycles. The molecule has 0 spiro atoms. The molecule has 0 radical (unpaired) electrons. The Morgan fingerprint density at radius 3 is 2.16 bits per heavy atom. The van der Waals surface area contributed by atoms with E-state index in [0.717, 1.165) is 0 Å². The number of hydrogen-bond donors (Lipinski definition) is 1. The monoisotopic (exact) mass is 323 g/mol. The minimum Gasteiger partial charge on any atom is -0.358 e. The van der Waals surface area contributed by atoms with E-state index in [1.165, 1.54) is 33.3 Å². The smallest absolute Gasteiger partial charge is 0.0459 e. The third-order valence-corrected chi connectivity index (χ3v) is 4.69. The highest BCUT2D eigenvalue weighted by Crippen LogP contribution is 2.35. The Labute approximate surface area is 148 Å². The molecule has 1 N–H and O–H groups in total. The van der Waals surface area contributed by atoms with Gasteiger partial charge in [-0.25, -0.2) is 0 Å². The molecule has 0 unspecified atom stereocenters. The second-order valence-corrected chi connectivity index (χ2v) is 6.37. The first-order chi connectivity index (χ1) is 12.3. The van der Waals surface area contributed by atoms with Gasteiger partial charge in [-0.3, -0.25) is 0 Å². The van der Waals surface area contributed by atoms with Crippen LogP contribution in [0.2, 0.25) is 0 Å². The minimum absolute atomic E-state index is 0.220. The molecule has 0 fully saturated rings. The van der Waals surface area contributed by atoms with Gasteiger partial charge in [-0.15, -0.1) is 0 Å². The first kappa shape index (κ1) is 15.5. The quantitative estimate of drug-likeness (QED) is 0.452. The highest BCUT2D eigenvalue weighted by atomic mass is 14.7. The summed E-state index contributed by atoms with van der Waals surface area (Å²) in [5.41, 5.74) is 6.31. The Balaban J connectivity index is 1.86. The van der Waals surface area contributed by atoms with Crippen molar-refractivity contribution in [1.82, 2.24) is 4.98 Å². The number of para-hydroxylation sites is 1. The van der Waals surface area contributed by atoms with Crippen LogP contribution in [-0.4, -0.2) is 4.98 Å². The molecule has 122 valence electrons. The van der Waals surface area contributed by atoms with Crippen molar-refractivity contribution >= 4 is 17.0 Å². The molecular weight excluding hydrogens is 302 g/mol. The number of allylic oxidation sites excluding steroid dienone is 1. The zero-order valence-electron chi connectivity index (χ0n) is 14.3. The predicted molar refractivity (Wildman–Crippen MR) is 107 cm³/mol. The fraction of sp³-hybridized carbons (Fsp3) is 0.0833. The Kier molecular flexibility index (Phi) is 4.22. The second-order valence-electron chi connectivity index (χ2n) is 6.37. The zero-order valence-corrected chi connectivity index (χ0v) is 14.3. The SMILES string of the molecule is Cc1[nH]c2ccccc2c1[C@H](/C=C/c1ccccc1)c1ccccc1. The summed E-state index contributed by atoms with van der Waals surface area (Å²) < 4.78 is 0. The highest BCUT2D eigenvalue weighted by Gasteiger charge is 2.18. The summed E-state index contributed by atoms with van der Waals surface area (Å²) in [4.78, 5) is 3.54. The van der Waals surface area contributed by atoms with E-state index in [1.807, 2.05) is 0 Å². The number of rotatable bonds is 4. The molecule has 1 heterocycles. The van der Waals surface area contributed by atoms with Gasteiger partial charge < -0.3 is 4.98 Å². The van der Waals surface area contributed by atoms with Crippen LogP contribution < -0.4 is 0 Å². The van der Waals surface area contributed by atoms with Crippen molar-refractivity contribution in [2.24, 2.45) is 0 Å². The maximum absolute atomic E-state index is 3.54. The van der Waals surface area contributed by atoms with E-state index in [4.69, 9.17) is 0 Å². The van der Waals surface area contributed by atoms with Crippen molar-refractivity contribution in [2.75, 3.05) is 0 Å². The number of aryl methyl sites for hydroxylation is 1. The van der Waals surface area contributed by atoms with E-state index in [1.54, 1.807) is 0 Å². The summed E-state index contributed by atoms with van der Waals surface area (Å²) in [5.74, 6) is 0.220. The maximum atomic E-state index is 3.54. The molecule has 0 bridgehead atoms. The van der Waals surface area contributed by atoms with Crippen LogP contribution >= 0.6 is 0 Å². The molecule has 4 rings (SSSR count). The minimum atomic E-state index is 0.220. The van der Waals surface area contributed by atoms with E-state index < -0.39 is 0 Å². The topological polar surface area (TPSA) is 15.8 Å². The van der Waals surface area contributed by atoms with Crippen LogP contribution in [0.25, 0.3) is 17.0 Å². The van der Waals surface area contributed by atoms with Gasteiger partial charge in [0.1, 0.15) is 0 Å². The van der Waals surface area contributed by atoms with Crippen LogP contribution in [0.1, 0.15) is 28.3 Å². The van der Waals surface area contributed by atoms with Crippen molar-refractivity contribution in [2.45, 2.75) is 12.8 Å². The summed E-state index contributed by atoms with van der Waals surface area (Å²) in [7, 11) is 0. The summed E-state index contributed by atoms with van der Waals surface area (Å²) >= 11 is 0. The van der Waals surface area contributed by atoms with E-state index in [-0.39, 0.29) is 5.92 Å². The number of benzene rings is 3. The average molecular weight is 323 g/mol. The first-order valence-electron chi connectivity index (χ1n) is 8.68. The molecule has 0 saturated heterocycles. The number of H-pyrrole nitrogens is 1. The summed E-state index contributed by atoms with van der Waals surface area (Å²) in [6, 6.07) is 29.8. The summed E-state index contributed by atoms with van der Waals surface area (Å²) in [6.45, 7) is 2.17. The second kappa shape index (κ2) is 6.82. The van der Waals surface area contributed by atoms with Crippen molar-refractivity contribution in [3.63, 3.8) is 0 Å². The highest BCUT2D eigenvalue weighted by molar-refractivity contribution is 5.86. The molecule has 25 heavy (non-hydrogen) atoms. The standard InChI is InChI=1S/C24H21N/c1-18-24(22-14-8-9-15-23(22)25-18)21(20-12-6-3-7-13-20)17-16-19-10-4-2-5-11-19/h2-17,21,25H,1H3/b17-16+/t21-/m1/s1. The average Bonchev–Trinajstić information content (AvgIpc) is 3.00. The van der Waals surface area contributed by atoms with Gasteiger partial charge in [0.2, 0.25) is 0 Å². The molecule has 0 aliphatic heterocycles. The number of fused-ring (bicyclic) bond motifs is 1. The van der Waals surface area contributed by atoms with E-state index in [2.05, 4.69) is 109 Å². The van der Waals surface area contributed by atoms with Gasteiger partial charge in [0, 0.05) is 22.5 Å². The van der Waals surface area contributed by atoms with Gasteiger partial charge in [-0.1, -0.05) is 91.0 Å². The Morgan fingerprint density at radius 2 is 1.40 bits per heavy atom. The summed E-state index contributed by atoms with van der Waals surface area (Å²) in [6.07, 6.45) is 4.53. The largest absolute Gasteiger partial charge is 0.358 e. The molecule has 0 aliphatic rings. The van der Waals surface area contributed by atoms with Crippen LogP contribution in [0.5, 0.6) is 0 Å². The molecular formula is C24H21N. The molecule has 1 aromatic heterocycles. The van der Waals surface area contributed by atoms with Crippen LogP contribution in [0.15, 0.2) is 91.0 Å². The Hall–Kier alpha value is -3.06. The normalized spacial score (nSPS) is 12.7. The van der Waals surface area contributed by atoms with Crippen LogP contribution in [0.3, 0.4) is 0 Å². The van der Waals surface area contributed by atoms with Crippen molar-refractivity contribution in [3.05, 3.63) is 113 Å². The van der Waals surface area contributed by atoms with E-state index >= 15 is 0 Å². The predicted octanol–water partition coefficient (Wildman–Crippen LogP) is 6.32. The van der Waals surface area contributed by atoms with Crippen molar-refractivity contribution < 1.29 is 0 Å². The third-order valence-electron chi connectivity index (χ3n) is 4.69. The molecule has 1 heteroatoms. The molecule has 4 aromatic rings. The lowest BCUT2D eigenvalue weighted by molar-refractivity contribution is 1.02. The Morgan fingerprint density at radius 1 is 0.760 bits per heavy atom. The number of aromatic amines is 1. The molecule has 0 amide bonds. The van der Waals surface area contributed by atoms with Gasteiger partial charge in [0.15, 0.2) is 0 Å². The van der Waals surface area contributed by atoms with E-state index in [0.29, 0.717) is 0 Å². The van der Waals surface area contributed by atoms with Gasteiger partial charge in [0.25, 0.3) is 0 Å². The number of nitrogens with one attached hydrogen (secondary N) is 1. The lowest BCUT2D eigenvalue weighted by Crippen LogP contribution is -1.99. The van der Waals surface area contributed by atoms with Crippen LogP contribution in [-0.2, 0) is 0 Å². The molecule has 1 atom stereocenters. The van der Waals surface area contributed by atoms with Gasteiger partial charge in [-0.05, 0) is 29.7 Å². The lowest BCUT2D eigenvalue weighted by atomic mass is 9.88. The van der Waals surface area contributed by atoms with Crippen molar-refractivity contribution in [3.8, 4) is 0 Å². The molecule has 3 aromatic carbocycles. The lowest BCUT2D eigenvalue weighted by Gasteiger charge is -2.15. The van der Waals surface area contributed by atoms with Crippen molar-refractivity contribution in [1.29, 1.82) is 0 Å². The van der Waals surface area contributed by atoms with Gasteiger partial charge in [-0.2, -0.15) is 0 Å². The maximum Gasteiger partial charge on any atom is 0.0459 e. The third kappa shape index (κ3) is 3.14. The number of aromatic nitrogens is 1. The fourth-order valence-corrected chi connectivity index (χ4v) is 3.50. The molecule has 1 nitrogen and oxygen atoms in total. The Bertz CT molecular complexity index is 994. The van der Waals surface area contributed by atoms with Crippen LogP contribution in [0, 0.1) is 6.92 Å². The first-order valence-corrected chi connectivity index (χ1v) is 8.68. The fourth-order valence-electron chi connectivity index (χ4n) is 3.50.